The van der Waals surface area contributed by atoms with Crippen LogP contribution in [-0.2, 0) is 79.9 Å². The summed E-state index contributed by atoms with van der Waals surface area (Å²) in [5, 5.41) is 103. The molecule has 0 aliphatic carbocycles. The van der Waals surface area contributed by atoms with Gasteiger partial charge in [0.25, 0.3) is 0 Å². The molecule has 0 rings (SSSR count). The van der Waals surface area contributed by atoms with Gasteiger partial charge in [0, 0.05) is 0 Å². The summed E-state index contributed by atoms with van der Waals surface area (Å²) >= 11 is 0. The molecule has 12 nitrogen and oxygen atoms in total. The van der Waals surface area contributed by atoms with E-state index in [1.165, 1.54) is 0 Å². The minimum Gasteiger partial charge on any atom is 2.00 e. The van der Waals surface area contributed by atoms with Crippen LogP contribution < -0.4 is 0 Å². The second-order valence-corrected chi connectivity index (χ2v) is 14.8. The van der Waals surface area contributed by atoms with E-state index in [2.05, 4.69) is 0 Å². The molecule has 0 amide bonds. The third kappa shape index (κ3) is 3.99. The van der Waals surface area contributed by atoms with Gasteiger partial charge in [-0.25, -0.2) is 0 Å². The largest absolute Gasteiger partial charge is 2.00 e. The smallest absolute Gasteiger partial charge is 2.00 e. The molecular weight excluding hydrogens is 620 g/mol. The topological polar surface area (TPSA) is 285 Å². The summed E-state index contributed by atoms with van der Waals surface area (Å²) < 4.78 is 0. The Bertz CT molecular complexity index is 890. The first-order chi connectivity index (χ1) is 11.9. The minimum atomic E-state index is -6.17. The van der Waals surface area contributed by atoms with E-state index in [0.717, 1.165) is 59.6 Å². The summed E-state index contributed by atoms with van der Waals surface area (Å²) in [5.41, 5.74) is 0. The minimum absolute atomic E-state index is 0. The third-order valence-corrected chi connectivity index (χ3v) is 9.78. The van der Waals surface area contributed by atoms with Crippen molar-refractivity contribution in [1.29, 1.82) is 63.1 Å². The summed E-state index contributed by atoms with van der Waals surface area (Å²) in [7, 11) is -12.3. The van der Waals surface area contributed by atoms with Gasteiger partial charge in [0.05, 0.1) is 0 Å². The Morgan fingerprint density at radius 2 is 0.310 bits per heavy atom. The fraction of sp³-hybridized carbons (Fsp3) is 0. The van der Waals surface area contributed by atoms with Gasteiger partial charge in [-0.15, -0.1) is 0 Å². The number of rotatable bonds is 0. The van der Waals surface area contributed by atoms with E-state index < -0.39 is 21.5 Å². The first-order valence-corrected chi connectivity index (χ1v) is 11.4. The summed E-state index contributed by atoms with van der Waals surface area (Å²) in [6, 6.07) is 0. The molecule has 0 aromatic heterocycles. The summed E-state index contributed by atoms with van der Waals surface area (Å²) in [6.07, 6.45) is 0. The molecule has 0 aromatic rings. The molecule has 0 spiro atoms. The van der Waals surface area contributed by atoms with Gasteiger partial charge in [-0.1, -0.05) is 0 Å². The van der Waals surface area contributed by atoms with Crippen LogP contribution in [0.1, 0.15) is 0 Å². The van der Waals surface area contributed by atoms with Crippen LogP contribution in [0.5, 0.6) is 0 Å². The summed E-state index contributed by atoms with van der Waals surface area (Å²) in [4.78, 5) is 12.4. The number of nitrogens with zero attached hydrogens (tertiary/aromatic N) is 12. The van der Waals surface area contributed by atoms with Crippen LogP contribution in [0, 0.1) is 123 Å². The Balaban J connectivity index is -0.000000120. The second-order valence-electron chi connectivity index (χ2n) is 3.60. The van der Waals surface area contributed by atoms with Gasteiger partial charge < -0.3 is 0 Å². The van der Waals surface area contributed by atoms with E-state index in [4.69, 9.17) is 63.1 Å². The van der Waals surface area contributed by atoms with Crippen molar-refractivity contribution in [2.45, 2.75) is 0 Å². The molecule has 0 saturated heterocycles. The Morgan fingerprint density at radius 3 is 0.310 bits per heavy atom. The Hall–Kier alpha value is -3.21. The van der Waals surface area contributed by atoms with E-state index in [0.29, 0.717) is 0 Å². The molecule has 0 aliphatic rings. The maximum atomic E-state index is 8.58. The van der Waals surface area contributed by atoms with Crippen molar-refractivity contribution >= 4 is 0 Å². The van der Waals surface area contributed by atoms with Crippen molar-refractivity contribution in [2.75, 3.05) is 0 Å². The van der Waals surface area contributed by atoms with Gasteiger partial charge in [-0.3, -0.25) is 0 Å². The first-order valence-electron chi connectivity index (χ1n) is 4.80. The molecule has 130 valence electrons. The van der Waals surface area contributed by atoms with Crippen LogP contribution in [0.2, 0.25) is 0 Å². The molecule has 0 radical (unpaired) electrons. The van der Waals surface area contributed by atoms with Gasteiger partial charge >= 0.3 is 203 Å². The molecule has 17 heteroatoms. The van der Waals surface area contributed by atoms with Gasteiger partial charge in [0.2, 0.25) is 0 Å². The maximum absolute atomic E-state index is 8.58. The van der Waals surface area contributed by atoms with Crippen molar-refractivity contribution < 1.29 is 79.9 Å². The first kappa shape index (κ1) is 36.7. The van der Waals surface area contributed by atoms with Crippen LogP contribution in [-0.4, -0.2) is 0 Å². The molecule has 0 N–H and O–H groups in total. The molecular formula is C12Fe2N12Zn3. The van der Waals surface area contributed by atoms with Crippen LogP contribution in [0.25, 0.3) is 0 Å². The second kappa shape index (κ2) is 9.32. The van der Waals surface area contributed by atoms with Gasteiger partial charge in [0.1, 0.15) is 0 Å². The number of hydrogen-bond donors (Lipinski definition) is 0. The Morgan fingerprint density at radius 1 is 0.241 bits per heavy atom. The average Bonchev–Trinajstić information content (AvgIpc) is 2.77. The van der Waals surface area contributed by atoms with Crippen molar-refractivity contribution in [2.24, 2.45) is 0 Å². The zero-order valence-corrected chi connectivity index (χ0v) is 25.3. The SMILES string of the molecule is N#[C][Fe-3]([C]#N)([C]#N)([C]#N)([C]#N)[C]#N.N#[C][Fe-3]([C]#N)([C]#N)([C]#N)([C]#N)[C]#N.[Zn+2].[Zn+2].[Zn+2]. The zero-order valence-electron chi connectivity index (χ0n) is 14.2. The van der Waals surface area contributed by atoms with E-state index in [1.54, 1.807) is 0 Å². The van der Waals surface area contributed by atoms with Crippen LogP contribution in [0.3, 0.4) is 0 Å². The van der Waals surface area contributed by atoms with Gasteiger partial charge in [-0.2, -0.15) is 0 Å². The molecule has 29 heavy (non-hydrogen) atoms. The maximum Gasteiger partial charge on any atom is 2.00 e. The molecule has 0 bridgehead atoms. The van der Waals surface area contributed by atoms with Crippen molar-refractivity contribution in [3.8, 4) is 59.6 Å². The quantitative estimate of drug-likeness (QED) is 0.328. The van der Waals surface area contributed by atoms with E-state index in [9.17, 15) is 0 Å². The summed E-state index contributed by atoms with van der Waals surface area (Å²) in [6.45, 7) is 0. The fourth-order valence-electron chi connectivity index (χ4n) is 0.530. The van der Waals surface area contributed by atoms with E-state index in [-0.39, 0.29) is 58.4 Å². The average molecular weight is 620 g/mol. The van der Waals surface area contributed by atoms with Gasteiger partial charge in [-0.05, 0) is 0 Å². The van der Waals surface area contributed by atoms with E-state index in [1.807, 2.05) is 0 Å². The molecule has 0 saturated carbocycles. The fourth-order valence-corrected chi connectivity index (χ4v) is 2.19. The van der Waals surface area contributed by atoms with E-state index >= 15 is 0 Å². The summed E-state index contributed by atoms with van der Waals surface area (Å²) in [5.74, 6) is 0. The van der Waals surface area contributed by atoms with Crippen LogP contribution in [0.4, 0.5) is 0 Å². The molecule has 0 unspecified atom stereocenters. The molecule has 0 atom stereocenters. The van der Waals surface area contributed by atoms with Crippen molar-refractivity contribution in [1.82, 2.24) is 0 Å². The number of nitriles is 12. The van der Waals surface area contributed by atoms with Gasteiger partial charge in [0.15, 0.2) is 0 Å². The molecule has 0 heterocycles. The molecule has 0 aromatic carbocycles. The zero-order chi connectivity index (χ0) is 21.3. The normalized spacial score (nSPS) is 12.0. The Kier molecular flexibility index (Phi) is 11.8. The van der Waals surface area contributed by atoms with Crippen molar-refractivity contribution in [3.05, 3.63) is 0 Å². The van der Waals surface area contributed by atoms with Crippen LogP contribution >= 0.6 is 0 Å². The van der Waals surface area contributed by atoms with Crippen molar-refractivity contribution in [3.63, 3.8) is 0 Å². The predicted molar refractivity (Wildman–Crippen MR) is 67.4 cm³/mol. The molecule has 0 fully saturated rings. The Labute approximate surface area is 200 Å². The predicted octanol–water partition coefficient (Wildman–Crippen LogP) is 0.189. The standard InChI is InChI=1S/12CN.2Fe.3Zn/c12*1-2;;;;;/q;;;;;;;;;;;;2*-3;3*+2. The van der Waals surface area contributed by atoms with Crippen LogP contribution in [0.15, 0.2) is 0 Å². The number of hydrogen-bond acceptors (Lipinski definition) is 12. The monoisotopic (exact) mass is 616 g/mol. The third-order valence-electron chi connectivity index (χ3n) is 2.37. The molecule has 0 aliphatic heterocycles.